The summed E-state index contributed by atoms with van der Waals surface area (Å²) in [5.74, 6) is -7.54. The van der Waals surface area contributed by atoms with Crippen LogP contribution in [-0.2, 0) is 27.3 Å². The third-order valence-electron chi connectivity index (χ3n) is 8.26. The second-order valence-electron chi connectivity index (χ2n) is 10.9. The molecule has 1 amide bonds. The van der Waals surface area contributed by atoms with Crippen LogP contribution in [-0.4, -0.2) is 64.2 Å². The summed E-state index contributed by atoms with van der Waals surface area (Å²) < 4.78 is 42.0. The van der Waals surface area contributed by atoms with Gasteiger partial charge in [-0.05, 0) is 73.7 Å². The first kappa shape index (κ1) is 29.1. The standard InChI is InChI=1S/C29H28F3N3O7/c1-35(2)22-17-8-12-7-16-15(11-3-5-14(6-4-11)42-29(30,31)32)9-13(10-33)23(36)19(16)24(37)18(12)25(38)20(17)26(39)21(27(22)40)28(34)41/h3-6,9,12,17,20,22,36-37,40H,7-8,10,33H2,1-2H3,(H2,34,41)/t12?,17?,20?,22-/m0/s1. The number of nitrogens with two attached hydrogens (primary N) is 2. The highest BCUT2D eigenvalue weighted by Gasteiger charge is 2.56. The van der Waals surface area contributed by atoms with E-state index in [0.717, 1.165) is 12.1 Å². The first-order valence-corrected chi connectivity index (χ1v) is 13.0. The molecule has 0 aliphatic heterocycles. The van der Waals surface area contributed by atoms with Crippen LogP contribution in [0.5, 0.6) is 11.5 Å². The lowest BCUT2D eigenvalue weighted by Crippen LogP contribution is -2.55. The van der Waals surface area contributed by atoms with Gasteiger partial charge in [0, 0.05) is 17.7 Å². The topological polar surface area (TPSA) is 176 Å². The van der Waals surface area contributed by atoms with Crippen LogP contribution in [0.25, 0.3) is 16.9 Å². The van der Waals surface area contributed by atoms with Gasteiger partial charge in [0.25, 0.3) is 5.91 Å². The molecule has 1 saturated carbocycles. The van der Waals surface area contributed by atoms with Crippen molar-refractivity contribution in [1.82, 2.24) is 4.90 Å². The number of hydrogen-bond acceptors (Lipinski definition) is 9. The average molecular weight is 588 g/mol. The molecule has 13 heteroatoms. The molecule has 4 atom stereocenters. The number of halogens is 3. The van der Waals surface area contributed by atoms with Crippen LogP contribution in [0, 0.1) is 17.8 Å². The quantitative estimate of drug-likeness (QED) is 0.260. The lowest BCUT2D eigenvalue weighted by molar-refractivity contribution is -0.274. The number of ether oxygens (including phenoxy) is 1. The number of aliphatic hydroxyl groups excluding tert-OH is 2. The maximum absolute atomic E-state index is 13.9. The molecule has 10 nitrogen and oxygen atoms in total. The Bertz CT molecular complexity index is 1580. The molecule has 0 spiro atoms. The van der Waals surface area contributed by atoms with Crippen LogP contribution >= 0.6 is 0 Å². The number of primary amides is 1. The molecule has 0 heterocycles. The molecule has 2 aromatic carbocycles. The van der Waals surface area contributed by atoms with E-state index in [9.17, 15) is 42.9 Å². The molecule has 3 aliphatic rings. The van der Waals surface area contributed by atoms with Crippen molar-refractivity contribution in [3.05, 3.63) is 63.9 Å². The average Bonchev–Trinajstić information content (AvgIpc) is 2.87. The number of hydrogen-bond donors (Lipinski definition) is 5. The number of allylic oxidation sites excluding steroid dienone is 1. The SMILES string of the molecule is CN(C)[C@@H]1C(O)=C(C(N)=O)C(=O)C2C(=O)C3=C(O)c4c(O)c(CN)cc(-c5ccc(OC(F)(F)F)cc5)c4CC3CC21. The number of benzene rings is 2. The van der Waals surface area contributed by atoms with Crippen LogP contribution in [0.15, 0.2) is 47.2 Å². The maximum Gasteiger partial charge on any atom is 0.573 e. The smallest absolute Gasteiger partial charge is 0.510 e. The normalized spacial score (nSPS) is 24.0. The van der Waals surface area contributed by atoms with Crippen LogP contribution in [0.3, 0.4) is 0 Å². The number of alkyl halides is 3. The number of aromatic hydroxyl groups is 1. The van der Waals surface area contributed by atoms with Gasteiger partial charge >= 0.3 is 6.36 Å². The van der Waals surface area contributed by atoms with E-state index in [4.69, 9.17) is 11.5 Å². The van der Waals surface area contributed by atoms with Crippen molar-refractivity contribution in [2.75, 3.05) is 14.1 Å². The second-order valence-corrected chi connectivity index (χ2v) is 10.9. The van der Waals surface area contributed by atoms with Gasteiger partial charge in [0.15, 0.2) is 11.6 Å². The van der Waals surface area contributed by atoms with Gasteiger partial charge in [-0.2, -0.15) is 0 Å². The largest absolute Gasteiger partial charge is 0.573 e. The molecule has 3 aliphatic carbocycles. The highest BCUT2D eigenvalue weighted by atomic mass is 19.4. The molecule has 0 aromatic heterocycles. The van der Waals surface area contributed by atoms with Gasteiger partial charge < -0.3 is 31.5 Å². The summed E-state index contributed by atoms with van der Waals surface area (Å²) in [5.41, 5.74) is 11.9. The Morgan fingerprint density at radius 2 is 1.74 bits per heavy atom. The van der Waals surface area contributed by atoms with Crippen molar-refractivity contribution < 1.29 is 47.6 Å². The number of nitrogens with zero attached hydrogens (tertiary/aromatic N) is 1. The molecule has 5 rings (SSSR count). The van der Waals surface area contributed by atoms with Crippen molar-refractivity contribution in [2.24, 2.45) is 29.2 Å². The molecule has 1 fully saturated rings. The molecular formula is C29H28F3N3O7. The lowest BCUT2D eigenvalue weighted by Gasteiger charge is -2.46. The number of likely N-dealkylation sites (N-methyl/N-ethyl adjacent to an activating group) is 1. The lowest BCUT2D eigenvalue weighted by atomic mass is 9.59. The molecule has 222 valence electrons. The van der Waals surface area contributed by atoms with Crippen molar-refractivity contribution in [3.8, 4) is 22.6 Å². The number of ketones is 2. The van der Waals surface area contributed by atoms with E-state index in [1.807, 2.05) is 0 Å². The minimum Gasteiger partial charge on any atom is -0.510 e. The number of phenolic OH excluding ortho intramolecular Hbond substituents is 1. The summed E-state index contributed by atoms with van der Waals surface area (Å²) in [7, 11) is 3.24. The number of amides is 1. The van der Waals surface area contributed by atoms with Crippen LogP contribution in [0.4, 0.5) is 13.2 Å². The fraction of sp³-hybridized carbons (Fsp3) is 0.345. The van der Waals surface area contributed by atoms with Gasteiger partial charge in [-0.1, -0.05) is 12.1 Å². The summed E-state index contributed by atoms with van der Waals surface area (Å²) in [5, 5.41) is 33.4. The van der Waals surface area contributed by atoms with Crippen LogP contribution < -0.4 is 16.2 Å². The minimum absolute atomic E-state index is 0.0671. The van der Waals surface area contributed by atoms with Crippen LogP contribution in [0.1, 0.15) is 23.1 Å². The number of Topliss-reactive ketones (excluding diaryl/α,β-unsaturated/α-hetero) is 2. The molecule has 0 saturated heterocycles. The van der Waals surface area contributed by atoms with E-state index < -0.39 is 70.5 Å². The Labute approximate surface area is 237 Å². The zero-order valence-electron chi connectivity index (χ0n) is 22.5. The monoisotopic (exact) mass is 587 g/mol. The first-order valence-electron chi connectivity index (χ1n) is 13.0. The Kier molecular flexibility index (Phi) is 7.06. The van der Waals surface area contributed by atoms with E-state index in [0.29, 0.717) is 16.7 Å². The minimum atomic E-state index is -4.88. The molecule has 3 unspecified atom stereocenters. The number of carbonyl (C=O) groups is 3. The van der Waals surface area contributed by atoms with Crippen LogP contribution in [0.2, 0.25) is 0 Å². The Hall–Kier alpha value is -4.36. The fourth-order valence-corrected chi connectivity index (χ4v) is 6.64. The summed E-state index contributed by atoms with van der Waals surface area (Å²) >= 11 is 0. The summed E-state index contributed by atoms with van der Waals surface area (Å²) in [6.45, 7) is -0.166. The summed E-state index contributed by atoms with van der Waals surface area (Å²) in [4.78, 5) is 40.9. The summed E-state index contributed by atoms with van der Waals surface area (Å²) in [6.07, 6.45) is -4.62. The van der Waals surface area contributed by atoms with E-state index >= 15 is 0 Å². The molecular weight excluding hydrogens is 559 g/mol. The number of aliphatic hydroxyl groups is 2. The Balaban J connectivity index is 1.66. The number of rotatable bonds is 5. The van der Waals surface area contributed by atoms with E-state index in [-0.39, 0.29) is 41.8 Å². The first-order chi connectivity index (χ1) is 19.7. The second kappa shape index (κ2) is 10.2. The number of carbonyl (C=O) groups excluding carboxylic acids is 3. The number of phenols is 1. The van der Waals surface area contributed by atoms with Crippen molar-refractivity contribution in [3.63, 3.8) is 0 Å². The van der Waals surface area contributed by atoms with E-state index in [1.54, 1.807) is 25.1 Å². The van der Waals surface area contributed by atoms with Gasteiger partial charge in [-0.15, -0.1) is 13.2 Å². The zero-order chi connectivity index (χ0) is 30.8. The predicted octanol–water partition coefficient (Wildman–Crippen LogP) is 2.87. The van der Waals surface area contributed by atoms with Gasteiger partial charge in [-0.25, -0.2) is 0 Å². The molecule has 2 aromatic rings. The fourth-order valence-electron chi connectivity index (χ4n) is 6.64. The molecule has 42 heavy (non-hydrogen) atoms. The zero-order valence-corrected chi connectivity index (χ0v) is 22.5. The van der Waals surface area contributed by atoms with E-state index in [1.165, 1.54) is 12.1 Å². The highest BCUT2D eigenvalue weighted by molar-refractivity contribution is 6.28. The molecule has 0 radical (unpaired) electrons. The Morgan fingerprint density at radius 1 is 1.10 bits per heavy atom. The Morgan fingerprint density at radius 3 is 2.29 bits per heavy atom. The highest BCUT2D eigenvalue weighted by Crippen LogP contribution is 2.52. The molecule has 7 N–H and O–H groups in total. The van der Waals surface area contributed by atoms with Gasteiger partial charge in [0.2, 0.25) is 0 Å². The van der Waals surface area contributed by atoms with E-state index in [2.05, 4.69) is 4.74 Å². The summed E-state index contributed by atoms with van der Waals surface area (Å²) in [6, 6.07) is 5.72. The van der Waals surface area contributed by atoms with Gasteiger partial charge in [0.05, 0.1) is 17.5 Å². The third kappa shape index (κ3) is 4.58. The number of fused-ring (bicyclic) bond motifs is 3. The molecule has 0 bridgehead atoms. The maximum atomic E-state index is 13.9. The predicted molar refractivity (Wildman–Crippen MR) is 143 cm³/mol. The van der Waals surface area contributed by atoms with Gasteiger partial charge in [0.1, 0.15) is 28.6 Å². The van der Waals surface area contributed by atoms with Crippen molar-refractivity contribution in [2.45, 2.75) is 31.8 Å². The van der Waals surface area contributed by atoms with Gasteiger partial charge in [-0.3, -0.25) is 19.3 Å². The third-order valence-corrected chi connectivity index (χ3v) is 8.26. The van der Waals surface area contributed by atoms with Crippen molar-refractivity contribution >= 4 is 23.2 Å². The van der Waals surface area contributed by atoms with Crippen molar-refractivity contribution in [1.29, 1.82) is 0 Å².